The van der Waals surface area contributed by atoms with E-state index in [1.807, 2.05) is 24.7 Å². The normalized spacial score (nSPS) is 28.3. The van der Waals surface area contributed by atoms with Crippen LogP contribution in [-0.4, -0.2) is 51.9 Å². The minimum absolute atomic E-state index is 0.0119. The molecule has 1 saturated carbocycles. The van der Waals surface area contributed by atoms with Crippen molar-refractivity contribution in [3.63, 3.8) is 0 Å². The van der Waals surface area contributed by atoms with E-state index in [0.29, 0.717) is 12.5 Å². The van der Waals surface area contributed by atoms with Crippen LogP contribution in [0.15, 0.2) is 12.4 Å². The van der Waals surface area contributed by atoms with Gasteiger partial charge in [-0.15, -0.1) is 0 Å². The molecule has 1 amide bonds. The molecule has 2 N–H and O–H groups in total. The minimum Gasteiger partial charge on any atom is -0.393 e. The van der Waals surface area contributed by atoms with Gasteiger partial charge in [-0.25, -0.2) is 0 Å². The Bertz CT molecular complexity index is 561. The van der Waals surface area contributed by atoms with Gasteiger partial charge in [0.1, 0.15) is 0 Å². The third-order valence-electron chi connectivity index (χ3n) is 5.80. The molecule has 128 valence electrons. The largest absolute Gasteiger partial charge is 0.393 e. The third-order valence-corrected chi connectivity index (χ3v) is 5.80. The van der Waals surface area contributed by atoms with Crippen LogP contribution < -0.4 is 5.32 Å². The molecule has 1 aromatic rings. The molecule has 2 fully saturated rings. The number of rotatable bonds is 4. The minimum atomic E-state index is -0.285. The fourth-order valence-corrected chi connectivity index (χ4v) is 3.63. The van der Waals surface area contributed by atoms with E-state index in [1.165, 1.54) is 0 Å². The van der Waals surface area contributed by atoms with Gasteiger partial charge < -0.3 is 15.3 Å². The van der Waals surface area contributed by atoms with Crippen LogP contribution in [0.25, 0.3) is 0 Å². The number of piperidine rings is 1. The molecule has 23 heavy (non-hydrogen) atoms. The fourth-order valence-electron chi connectivity index (χ4n) is 3.63. The summed E-state index contributed by atoms with van der Waals surface area (Å²) in [5.74, 6) is 0.263. The Hall–Kier alpha value is -1.40. The van der Waals surface area contributed by atoms with E-state index in [1.54, 1.807) is 6.20 Å². The molecule has 1 aliphatic carbocycles. The van der Waals surface area contributed by atoms with Crippen molar-refractivity contribution in [1.29, 1.82) is 0 Å². The summed E-state index contributed by atoms with van der Waals surface area (Å²) < 4.78 is 1.99. The molecule has 6 heteroatoms. The first-order valence-electron chi connectivity index (χ1n) is 8.57. The number of carbonyl (C=O) groups excluding carboxylic acids is 1. The standard InChI is InChI=1S/C17H28N4O2/c1-17(2)12(8-15(17)22)9-16(23)19-13-10-18-21(11-13)14-4-6-20(3)7-5-14/h10-12,14-15,22H,4-9H2,1-3H3,(H,19,23). The average molecular weight is 320 g/mol. The van der Waals surface area contributed by atoms with Crippen molar-refractivity contribution >= 4 is 11.6 Å². The van der Waals surface area contributed by atoms with Crippen molar-refractivity contribution in [2.24, 2.45) is 11.3 Å². The highest BCUT2D eigenvalue weighted by molar-refractivity contribution is 5.90. The first-order valence-corrected chi connectivity index (χ1v) is 8.57. The van der Waals surface area contributed by atoms with Gasteiger partial charge in [0, 0.05) is 12.6 Å². The molecule has 0 bridgehead atoms. The maximum atomic E-state index is 12.2. The topological polar surface area (TPSA) is 70.4 Å². The van der Waals surface area contributed by atoms with Crippen LogP contribution in [0.5, 0.6) is 0 Å². The second-order valence-corrected chi connectivity index (χ2v) is 7.77. The number of anilines is 1. The van der Waals surface area contributed by atoms with Gasteiger partial charge in [-0.05, 0) is 50.7 Å². The molecular weight excluding hydrogens is 292 g/mol. The maximum Gasteiger partial charge on any atom is 0.224 e. The van der Waals surface area contributed by atoms with Crippen LogP contribution in [0.2, 0.25) is 0 Å². The number of aliphatic hydroxyl groups excluding tert-OH is 1. The Morgan fingerprint density at radius 2 is 2.13 bits per heavy atom. The van der Waals surface area contributed by atoms with E-state index in [2.05, 4.69) is 22.4 Å². The Balaban J connectivity index is 1.52. The molecule has 2 aliphatic rings. The molecule has 1 aromatic heterocycles. The zero-order chi connectivity index (χ0) is 16.6. The van der Waals surface area contributed by atoms with E-state index in [-0.39, 0.29) is 23.3 Å². The lowest BCUT2D eigenvalue weighted by atomic mass is 9.59. The number of hydrogen-bond acceptors (Lipinski definition) is 4. The Morgan fingerprint density at radius 3 is 2.74 bits per heavy atom. The predicted octanol–water partition coefficient (Wildman–Crippen LogP) is 1.89. The van der Waals surface area contributed by atoms with E-state index >= 15 is 0 Å². The van der Waals surface area contributed by atoms with Crippen LogP contribution in [0.4, 0.5) is 5.69 Å². The number of carbonyl (C=O) groups is 1. The molecule has 1 aliphatic heterocycles. The van der Waals surface area contributed by atoms with E-state index < -0.39 is 0 Å². The Labute approximate surface area is 137 Å². The summed E-state index contributed by atoms with van der Waals surface area (Å²) in [6.45, 7) is 6.23. The first-order chi connectivity index (χ1) is 10.9. The number of aromatic nitrogens is 2. The second-order valence-electron chi connectivity index (χ2n) is 7.77. The molecule has 1 saturated heterocycles. The molecule has 2 unspecified atom stereocenters. The quantitative estimate of drug-likeness (QED) is 0.889. The Morgan fingerprint density at radius 1 is 1.43 bits per heavy atom. The van der Waals surface area contributed by atoms with Gasteiger partial charge in [-0.1, -0.05) is 13.8 Å². The van der Waals surface area contributed by atoms with Crippen molar-refractivity contribution in [3.05, 3.63) is 12.4 Å². The van der Waals surface area contributed by atoms with Crippen molar-refractivity contribution in [3.8, 4) is 0 Å². The molecule has 0 spiro atoms. The van der Waals surface area contributed by atoms with Crippen LogP contribution in [0.3, 0.4) is 0 Å². The lowest BCUT2D eigenvalue weighted by Gasteiger charge is -2.49. The molecule has 6 nitrogen and oxygen atoms in total. The van der Waals surface area contributed by atoms with E-state index in [0.717, 1.165) is 38.0 Å². The Kier molecular flexibility index (Phi) is 4.47. The second kappa shape index (κ2) is 6.24. The lowest BCUT2D eigenvalue weighted by Crippen LogP contribution is -2.50. The average Bonchev–Trinajstić information content (AvgIpc) is 2.96. The van der Waals surface area contributed by atoms with Crippen LogP contribution in [0, 0.1) is 11.3 Å². The lowest BCUT2D eigenvalue weighted by molar-refractivity contribution is -0.129. The van der Waals surface area contributed by atoms with E-state index in [4.69, 9.17) is 0 Å². The summed E-state index contributed by atoms with van der Waals surface area (Å²) in [7, 11) is 2.14. The van der Waals surface area contributed by atoms with Gasteiger partial charge in [0.15, 0.2) is 0 Å². The summed E-state index contributed by atoms with van der Waals surface area (Å²) in [6.07, 6.45) is 6.76. The summed E-state index contributed by atoms with van der Waals surface area (Å²) in [5, 5.41) is 17.1. The molecule has 0 radical (unpaired) electrons. The van der Waals surface area contributed by atoms with Crippen molar-refractivity contribution in [2.75, 3.05) is 25.5 Å². The van der Waals surface area contributed by atoms with Crippen molar-refractivity contribution in [1.82, 2.24) is 14.7 Å². The molecular formula is C17H28N4O2. The number of amides is 1. The van der Waals surface area contributed by atoms with Gasteiger partial charge in [0.05, 0.1) is 24.0 Å². The highest BCUT2D eigenvalue weighted by Crippen LogP contribution is 2.47. The highest BCUT2D eigenvalue weighted by atomic mass is 16.3. The van der Waals surface area contributed by atoms with Gasteiger partial charge >= 0.3 is 0 Å². The molecule has 2 heterocycles. The van der Waals surface area contributed by atoms with Crippen LogP contribution in [-0.2, 0) is 4.79 Å². The van der Waals surface area contributed by atoms with E-state index in [9.17, 15) is 9.90 Å². The van der Waals surface area contributed by atoms with Crippen molar-refractivity contribution in [2.45, 2.75) is 51.7 Å². The smallest absolute Gasteiger partial charge is 0.224 e. The first kappa shape index (κ1) is 16.5. The summed E-state index contributed by atoms with van der Waals surface area (Å²) in [4.78, 5) is 14.5. The number of hydrogen-bond donors (Lipinski definition) is 2. The van der Waals surface area contributed by atoms with Gasteiger partial charge in [-0.2, -0.15) is 5.10 Å². The maximum absolute atomic E-state index is 12.2. The molecule has 0 aromatic carbocycles. The molecule has 3 rings (SSSR count). The predicted molar refractivity (Wildman–Crippen MR) is 89.1 cm³/mol. The summed E-state index contributed by atoms with van der Waals surface area (Å²) in [6, 6.07) is 0.428. The fraction of sp³-hybridized carbons (Fsp3) is 0.765. The summed E-state index contributed by atoms with van der Waals surface area (Å²) >= 11 is 0. The summed E-state index contributed by atoms with van der Waals surface area (Å²) in [5.41, 5.74) is 0.613. The highest BCUT2D eigenvalue weighted by Gasteiger charge is 2.47. The van der Waals surface area contributed by atoms with Crippen molar-refractivity contribution < 1.29 is 9.90 Å². The number of aliphatic hydroxyl groups is 1. The number of nitrogens with one attached hydrogen (secondary N) is 1. The zero-order valence-electron chi connectivity index (χ0n) is 14.3. The zero-order valence-corrected chi connectivity index (χ0v) is 14.3. The number of likely N-dealkylation sites (tertiary alicyclic amines) is 1. The van der Waals surface area contributed by atoms with Crippen LogP contribution >= 0.6 is 0 Å². The number of nitrogens with zero attached hydrogens (tertiary/aromatic N) is 3. The van der Waals surface area contributed by atoms with Gasteiger partial charge in [0.25, 0.3) is 0 Å². The van der Waals surface area contributed by atoms with Crippen LogP contribution in [0.1, 0.15) is 45.6 Å². The van der Waals surface area contributed by atoms with Gasteiger partial charge in [-0.3, -0.25) is 9.48 Å². The third kappa shape index (κ3) is 3.43. The molecule has 2 atom stereocenters. The SMILES string of the molecule is CN1CCC(n2cc(NC(=O)CC3CC(O)C3(C)C)cn2)CC1. The monoisotopic (exact) mass is 320 g/mol. The van der Waals surface area contributed by atoms with Gasteiger partial charge in [0.2, 0.25) is 5.91 Å².